The van der Waals surface area contributed by atoms with Crippen molar-refractivity contribution in [2.24, 2.45) is 5.73 Å². The largest absolute Gasteiger partial charge is 0.381 e. The number of hydrogen-bond acceptors (Lipinski definition) is 4. The predicted molar refractivity (Wildman–Crippen MR) is 89.5 cm³/mol. The molecule has 1 atom stereocenters. The first-order valence-corrected chi connectivity index (χ1v) is 7.75. The molecule has 0 spiro atoms. The predicted octanol–water partition coefficient (Wildman–Crippen LogP) is 0.977. The number of nitrogens with two attached hydrogens (primary N) is 1. The zero-order valence-electron chi connectivity index (χ0n) is 13.2. The van der Waals surface area contributed by atoms with Crippen LogP contribution in [-0.2, 0) is 14.3 Å². The van der Waals surface area contributed by atoms with Crippen molar-refractivity contribution in [3.63, 3.8) is 0 Å². The highest BCUT2D eigenvalue weighted by Gasteiger charge is 2.40. The van der Waals surface area contributed by atoms with E-state index in [0.29, 0.717) is 39.0 Å². The van der Waals surface area contributed by atoms with Crippen molar-refractivity contribution in [1.29, 1.82) is 0 Å². The number of carbonyl (C=O) groups is 2. The Bertz CT molecular complexity index is 622. The molecule has 2 saturated heterocycles. The summed E-state index contributed by atoms with van der Waals surface area (Å²) in [7, 11) is 0. The molecule has 132 valence electrons. The summed E-state index contributed by atoms with van der Waals surface area (Å²) in [5.74, 6) is -1.10. The first-order chi connectivity index (χ1) is 11.0. The van der Waals surface area contributed by atoms with Crippen molar-refractivity contribution < 1.29 is 18.7 Å². The lowest BCUT2D eigenvalue weighted by atomic mass is 9.90. The number of halogens is 2. The molecule has 3 rings (SSSR count). The molecule has 2 fully saturated rings. The third kappa shape index (κ3) is 3.53. The van der Waals surface area contributed by atoms with Gasteiger partial charge in [-0.25, -0.2) is 4.39 Å². The summed E-state index contributed by atoms with van der Waals surface area (Å²) in [6.07, 6.45) is 1.29. The Morgan fingerprint density at radius 1 is 1.33 bits per heavy atom. The van der Waals surface area contributed by atoms with Crippen molar-refractivity contribution in [3.05, 3.63) is 30.1 Å². The zero-order chi connectivity index (χ0) is 16.4. The number of nitrogens with zero attached hydrogens (tertiary/aromatic N) is 1. The van der Waals surface area contributed by atoms with Crippen LogP contribution in [0.4, 0.5) is 10.1 Å². The number of carbonyl (C=O) groups excluding carboxylic acids is 2. The number of anilines is 1. The Hall–Kier alpha value is -1.70. The van der Waals surface area contributed by atoms with Crippen LogP contribution in [0.25, 0.3) is 0 Å². The molecule has 2 aliphatic rings. The van der Waals surface area contributed by atoms with E-state index in [4.69, 9.17) is 10.5 Å². The second-order valence-electron chi connectivity index (χ2n) is 6.02. The molecule has 1 aromatic rings. The molecule has 0 radical (unpaired) electrons. The SMILES string of the molecule is Cl.NC1(C(=O)NC2CCN(c3ccccc3F)C2=O)CCOCC1. The molecular formula is C16H21ClFN3O3. The highest BCUT2D eigenvalue weighted by Crippen LogP contribution is 2.25. The van der Waals surface area contributed by atoms with E-state index in [9.17, 15) is 14.0 Å². The van der Waals surface area contributed by atoms with Gasteiger partial charge in [0, 0.05) is 19.8 Å². The number of benzene rings is 1. The number of nitrogens with one attached hydrogen (secondary N) is 1. The molecule has 8 heteroatoms. The van der Waals surface area contributed by atoms with Crippen LogP contribution in [-0.4, -0.2) is 43.2 Å². The fraction of sp³-hybridized carbons (Fsp3) is 0.500. The van der Waals surface area contributed by atoms with Gasteiger partial charge in [0.15, 0.2) is 0 Å². The van der Waals surface area contributed by atoms with E-state index in [0.717, 1.165) is 0 Å². The topological polar surface area (TPSA) is 84.7 Å². The summed E-state index contributed by atoms with van der Waals surface area (Å²) < 4.78 is 19.1. The van der Waals surface area contributed by atoms with E-state index < -0.39 is 17.4 Å². The van der Waals surface area contributed by atoms with E-state index in [1.165, 1.54) is 11.0 Å². The third-order valence-electron chi connectivity index (χ3n) is 4.49. The van der Waals surface area contributed by atoms with Crippen LogP contribution < -0.4 is 16.0 Å². The lowest BCUT2D eigenvalue weighted by Gasteiger charge is -2.32. The van der Waals surface area contributed by atoms with Crippen molar-refractivity contribution in [3.8, 4) is 0 Å². The minimum absolute atomic E-state index is 0. The minimum Gasteiger partial charge on any atom is -0.381 e. The summed E-state index contributed by atoms with van der Waals surface area (Å²) in [4.78, 5) is 26.2. The smallest absolute Gasteiger partial charge is 0.249 e. The van der Waals surface area contributed by atoms with Crippen molar-refractivity contribution >= 4 is 29.9 Å². The van der Waals surface area contributed by atoms with E-state index in [2.05, 4.69) is 5.32 Å². The first-order valence-electron chi connectivity index (χ1n) is 7.75. The van der Waals surface area contributed by atoms with Crippen molar-refractivity contribution in [1.82, 2.24) is 5.32 Å². The molecule has 1 aromatic carbocycles. The van der Waals surface area contributed by atoms with E-state index in [1.54, 1.807) is 18.2 Å². The molecule has 6 nitrogen and oxygen atoms in total. The highest BCUT2D eigenvalue weighted by atomic mass is 35.5. The Kier molecular flexibility index (Phi) is 5.79. The summed E-state index contributed by atoms with van der Waals surface area (Å²) in [5.41, 5.74) is 5.36. The van der Waals surface area contributed by atoms with Gasteiger partial charge in [0.05, 0.1) is 11.2 Å². The number of amides is 2. The van der Waals surface area contributed by atoms with E-state index in [-0.39, 0.29) is 29.9 Å². The summed E-state index contributed by atoms with van der Waals surface area (Å²) >= 11 is 0. The Labute approximate surface area is 145 Å². The molecule has 24 heavy (non-hydrogen) atoms. The van der Waals surface area contributed by atoms with Gasteiger partial charge in [-0.1, -0.05) is 12.1 Å². The number of rotatable bonds is 3. The molecule has 0 bridgehead atoms. The van der Waals surface area contributed by atoms with Gasteiger partial charge in [0.1, 0.15) is 11.9 Å². The molecule has 2 aliphatic heterocycles. The average Bonchev–Trinajstić information content (AvgIpc) is 2.89. The second kappa shape index (κ2) is 7.46. The molecule has 1 unspecified atom stereocenters. The zero-order valence-corrected chi connectivity index (χ0v) is 14.0. The fourth-order valence-electron chi connectivity index (χ4n) is 2.99. The molecule has 0 saturated carbocycles. The molecule has 2 heterocycles. The van der Waals surface area contributed by atoms with Crippen LogP contribution in [0.2, 0.25) is 0 Å². The highest BCUT2D eigenvalue weighted by molar-refractivity contribution is 6.02. The van der Waals surface area contributed by atoms with Crippen LogP contribution in [0.5, 0.6) is 0 Å². The average molecular weight is 358 g/mol. The monoisotopic (exact) mass is 357 g/mol. The van der Waals surface area contributed by atoms with Crippen LogP contribution in [0.15, 0.2) is 24.3 Å². The van der Waals surface area contributed by atoms with Gasteiger partial charge in [-0.15, -0.1) is 12.4 Å². The standard InChI is InChI=1S/C16H20FN3O3.ClH/c17-11-3-1-2-4-13(11)20-8-5-12(14(20)21)19-15(22)16(18)6-9-23-10-7-16;/h1-4,12H,5-10,18H2,(H,19,22);1H. The summed E-state index contributed by atoms with van der Waals surface area (Å²) in [5, 5.41) is 2.72. The van der Waals surface area contributed by atoms with Gasteiger partial charge in [0.2, 0.25) is 11.8 Å². The van der Waals surface area contributed by atoms with Crippen LogP contribution in [0.1, 0.15) is 19.3 Å². The fourth-order valence-corrected chi connectivity index (χ4v) is 2.99. The van der Waals surface area contributed by atoms with Gasteiger partial charge < -0.3 is 20.7 Å². The van der Waals surface area contributed by atoms with Gasteiger partial charge in [-0.3, -0.25) is 9.59 Å². The van der Waals surface area contributed by atoms with Crippen molar-refractivity contribution in [2.75, 3.05) is 24.7 Å². The number of para-hydroxylation sites is 1. The maximum Gasteiger partial charge on any atom is 0.249 e. The van der Waals surface area contributed by atoms with E-state index >= 15 is 0 Å². The molecule has 0 aliphatic carbocycles. The maximum atomic E-state index is 13.8. The number of hydrogen-bond donors (Lipinski definition) is 2. The number of ether oxygens (including phenoxy) is 1. The van der Waals surface area contributed by atoms with Crippen molar-refractivity contribution in [2.45, 2.75) is 30.8 Å². The summed E-state index contributed by atoms with van der Waals surface area (Å²) in [6, 6.07) is 5.45. The minimum atomic E-state index is -0.996. The Balaban J connectivity index is 0.00000208. The second-order valence-corrected chi connectivity index (χ2v) is 6.02. The summed E-state index contributed by atoms with van der Waals surface area (Å²) in [6.45, 7) is 1.24. The van der Waals surface area contributed by atoms with E-state index in [1.807, 2.05) is 0 Å². The lowest BCUT2D eigenvalue weighted by molar-refractivity contribution is -0.132. The molecule has 0 aromatic heterocycles. The van der Waals surface area contributed by atoms with Crippen LogP contribution in [0, 0.1) is 5.82 Å². The Morgan fingerprint density at radius 3 is 2.67 bits per heavy atom. The van der Waals surface area contributed by atoms with Gasteiger partial charge in [-0.05, 0) is 31.4 Å². The Morgan fingerprint density at radius 2 is 2.00 bits per heavy atom. The van der Waals surface area contributed by atoms with Gasteiger partial charge in [0.25, 0.3) is 0 Å². The third-order valence-corrected chi connectivity index (χ3v) is 4.49. The molecular weight excluding hydrogens is 337 g/mol. The van der Waals surface area contributed by atoms with Gasteiger partial charge >= 0.3 is 0 Å². The molecule has 3 N–H and O–H groups in total. The maximum absolute atomic E-state index is 13.8. The first kappa shape index (κ1) is 18.6. The lowest BCUT2D eigenvalue weighted by Crippen LogP contribution is -2.59. The quantitative estimate of drug-likeness (QED) is 0.844. The van der Waals surface area contributed by atoms with Gasteiger partial charge in [-0.2, -0.15) is 0 Å². The normalized spacial score (nSPS) is 22.8. The van der Waals surface area contributed by atoms with Crippen LogP contribution >= 0.6 is 12.4 Å². The molecule has 2 amide bonds. The van der Waals surface area contributed by atoms with Crippen LogP contribution in [0.3, 0.4) is 0 Å².